The average Bonchev–Trinajstić information content (AvgIpc) is 3.50. The Labute approximate surface area is 449 Å². The van der Waals surface area contributed by atoms with Crippen LogP contribution in [0.2, 0.25) is 0 Å². The molecule has 1 aliphatic carbocycles. The van der Waals surface area contributed by atoms with Crippen molar-refractivity contribution in [3.05, 3.63) is 262 Å². The van der Waals surface area contributed by atoms with Crippen LogP contribution in [0.3, 0.4) is 0 Å². The Morgan fingerprint density at radius 3 is 1.17 bits per heavy atom. The largest absolute Gasteiger partial charge is 0.452 e. The normalized spacial score (nSPS) is 23.6. The number of aliphatic hydroxyl groups is 1. The number of carbonyl (C=O) groups excluding carboxylic acids is 4. The van der Waals surface area contributed by atoms with Crippen molar-refractivity contribution in [2.75, 3.05) is 6.61 Å². The SMILES string of the molecule is [N-]=[N+]=N[C@H]1[C@@H](O[C@H]2[C@H](O)[C@H](OC(=O)c3ccccc3)[C@@H](OC(=O)c3ccccc3)[C@@H](OC(=O)c3ccccc3)[C@@H]2OC(=O)c2ccccc2)O[C@H](COCc2ccccc2)[C@H](OCc2ccccc2)[C@@H]1OCc1ccccc1. The molecule has 7 aromatic carbocycles. The summed E-state index contributed by atoms with van der Waals surface area (Å²) in [7, 11) is 0. The van der Waals surface area contributed by atoms with Gasteiger partial charge in [0.25, 0.3) is 0 Å². The topological polar surface area (TPSA) is 220 Å². The number of aliphatic hydroxyl groups excluding tert-OH is 1. The second-order valence-corrected chi connectivity index (χ2v) is 18.3. The number of nitrogens with zero attached hydrogens (tertiary/aromatic N) is 3. The van der Waals surface area contributed by atoms with Gasteiger partial charge in [-0.3, -0.25) is 0 Å². The van der Waals surface area contributed by atoms with E-state index in [9.17, 15) is 29.8 Å². The molecule has 17 nitrogen and oxygen atoms in total. The molecule has 17 heteroatoms. The van der Waals surface area contributed by atoms with Crippen LogP contribution in [0.4, 0.5) is 0 Å². The van der Waals surface area contributed by atoms with Crippen LogP contribution >= 0.6 is 0 Å². The van der Waals surface area contributed by atoms with E-state index in [0.29, 0.717) is 0 Å². The van der Waals surface area contributed by atoms with E-state index >= 15 is 0 Å². The molecule has 1 aliphatic heterocycles. The third-order valence-corrected chi connectivity index (χ3v) is 13.0. The lowest BCUT2D eigenvalue weighted by Crippen LogP contribution is -2.70. The van der Waals surface area contributed by atoms with E-state index in [2.05, 4.69) is 10.0 Å². The van der Waals surface area contributed by atoms with Gasteiger partial charge >= 0.3 is 23.9 Å². The van der Waals surface area contributed by atoms with Gasteiger partial charge in [0.2, 0.25) is 0 Å². The Bertz CT molecular complexity index is 3070. The maximum atomic E-state index is 14.5. The predicted octanol–water partition coefficient (Wildman–Crippen LogP) is 9.44. The fourth-order valence-electron chi connectivity index (χ4n) is 9.17. The van der Waals surface area contributed by atoms with Crippen LogP contribution in [0.1, 0.15) is 58.1 Å². The van der Waals surface area contributed by atoms with E-state index < -0.39 is 91.1 Å². The molecule has 0 radical (unpaired) electrons. The zero-order chi connectivity index (χ0) is 54.1. The first kappa shape index (κ1) is 54.3. The molecule has 1 heterocycles. The maximum absolute atomic E-state index is 14.5. The van der Waals surface area contributed by atoms with Crippen LogP contribution in [0.15, 0.2) is 217 Å². The molecule has 9 rings (SSSR count). The van der Waals surface area contributed by atoms with Gasteiger partial charge in [-0.15, -0.1) is 0 Å². The van der Waals surface area contributed by atoms with Crippen molar-refractivity contribution in [2.24, 2.45) is 5.11 Å². The standard InChI is InChI=1S/C61H55N3O14/c62-64-63-48-51(72-38-42-26-12-3-13-27-42)50(71-37-41-24-10-2-11-25-41)47(39-70-36-40-22-8-1-9-23-40)73-61(48)78-53-49(65)52(74-57(66)43-28-14-4-15-29-43)54(75-58(67)44-30-16-5-17-31-44)56(77-60(69)46-34-20-7-21-35-46)55(53)76-59(68)45-32-18-6-19-33-45/h1-35,47-56,61,65H,36-39H2/t47-,48-,49-,50+,51-,52+,53+,54-,55-,56-,61-/m1/s1. The number of hydrogen-bond acceptors (Lipinski definition) is 15. The molecule has 78 heavy (non-hydrogen) atoms. The second-order valence-electron chi connectivity index (χ2n) is 18.3. The Morgan fingerprint density at radius 1 is 0.436 bits per heavy atom. The molecular formula is C61H55N3O14. The van der Waals surface area contributed by atoms with E-state index in [1.54, 1.807) is 72.8 Å². The van der Waals surface area contributed by atoms with Crippen molar-refractivity contribution in [1.82, 2.24) is 0 Å². The summed E-state index contributed by atoms with van der Waals surface area (Å²) in [5.41, 5.74) is 13.0. The van der Waals surface area contributed by atoms with E-state index in [4.69, 9.17) is 42.6 Å². The molecule has 0 aromatic heterocycles. The van der Waals surface area contributed by atoms with Crippen LogP contribution in [0.25, 0.3) is 10.4 Å². The molecule has 1 saturated carbocycles. The molecule has 0 spiro atoms. The third kappa shape index (κ3) is 13.9. The molecule has 1 saturated heterocycles. The quantitative estimate of drug-likeness (QED) is 0.0233. The van der Waals surface area contributed by atoms with Crippen LogP contribution < -0.4 is 0 Å². The highest BCUT2D eigenvalue weighted by atomic mass is 16.7. The third-order valence-electron chi connectivity index (χ3n) is 13.0. The summed E-state index contributed by atoms with van der Waals surface area (Å²) in [6.45, 7) is 0.0614. The fraction of sp³-hybridized carbons (Fsp3) is 0.246. The smallest absolute Gasteiger partial charge is 0.338 e. The van der Waals surface area contributed by atoms with E-state index in [1.165, 1.54) is 48.5 Å². The Morgan fingerprint density at radius 2 is 0.769 bits per heavy atom. The zero-order valence-corrected chi connectivity index (χ0v) is 42.0. The molecule has 0 bridgehead atoms. The van der Waals surface area contributed by atoms with Gasteiger partial charge in [-0.1, -0.05) is 169 Å². The highest BCUT2D eigenvalue weighted by molar-refractivity contribution is 5.92. The molecule has 0 amide bonds. The summed E-state index contributed by atoms with van der Waals surface area (Å²) in [5.74, 6) is -3.90. The highest BCUT2D eigenvalue weighted by Gasteiger charge is 2.60. The van der Waals surface area contributed by atoms with Gasteiger partial charge in [-0.2, -0.15) is 0 Å². The summed E-state index contributed by atoms with van der Waals surface area (Å²) >= 11 is 0. The summed E-state index contributed by atoms with van der Waals surface area (Å²) in [5, 5.41) is 17.2. The van der Waals surface area contributed by atoms with E-state index in [-0.39, 0.29) is 48.7 Å². The van der Waals surface area contributed by atoms with Crippen molar-refractivity contribution in [3.63, 3.8) is 0 Å². The monoisotopic (exact) mass is 1050 g/mol. The Kier molecular flexibility index (Phi) is 18.8. The number of azide groups is 1. The van der Waals surface area contributed by atoms with E-state index in [0.717, 1.165) is 16.7 Å². The molecule has 1 N–H and O–H groups in total. The average molecular weight is 1050 g/mol. The number of carbonyl (C=O) groups is 4. The molecule has 7 aromatic rings. The summed E-state index contributed by atoms with van der Waals surface area (Å²) in [6.07, 6.45) is -16.7. The van der Waals surface area contributed by atoms with E-state index in [1.807, 2.05) is 91.0 Å². The van der Waals surface area contributed by atoms with Crippen molar-refractivity contribution < 1.29 is 66.9 Å². The number of ether oxygens (including phenoxy) is 9. The van der Waals surface area contributed by atoms with Crippen molar-refractivity contribution >= 4 is 23.9 Å². The minimum atomic E-state index is -2.11. The first-order valence-electron chi connectivity index (χ1n) is 25.2. The second kappa shape index (κ2) is 27.0. The molecule has 2 fully saturated rings. The number of rotatable bonds is 21. The first-order valence-corrected chi connectivity index (χ1v) is 25.2. The highest BCUT2D eigenvalue weighted by Crippen LogP contribution is 2.38. The number of esters is 4. The summed E-state index contributed by atoms with van der Waals surface area (Å²) in [4.78, 5) is 60.6. The lowest BCUT2D eigenvalue weighted by molar-refractivity contribution is -0.325. The molecule has 11 atom stereocenters. The minimum absolute atomic E-state index is 0.00861. The van der Waals surface area contributed by atoms with Gasteiger partial charge in [0.1, 0.15) is 36.6 Å². The van der Waals surface area contributed by atoms with Crippen molar-refractivity contribution in [2.45, 2.75) is 87.1 Å². The van der Waals surface area contributed by atoms with Gasteiger partial charge in [-0.05, 0) is 70.8 Å². The summed E-state index contributed by atoms with van der Waals surface area (Å²) < 4.78 is 58.4. The zero-order valence-electron chi connectivity index (χ0n) is 42.0. The number of hydrogen-bond donors (Lipinski definition) is 1. The lowest BCUT2D eigenvalue weighted by atomic mass is 9.83. The Balaban J connectivity index is 1.17. The van der Waals surface area contributed by atoms with Gasteiger partial charge < -0.3 is 47.7 Å². The molecule has 0 unspecified atom stereocenters. The van der Waals surface area contributed by atoms with Gasteiger partial charge in [-0.25, -0.2) is 19.2 Å². The van der Waals surface area contributed by atoms with Crippen LogP contribution in [-0.2, 0) is 62.5 Å². The van der Waals surface area contributed by atoms with Crippen molar-refractivity contribution in [3.8, 4) is 0 Å². The number of benzene rings is 7. The maximum Gasteiger partial charge on any atom is 0.338 e. The van der Waals surface area contributed by atoms with Crippen LogP contribution in [0, 0.1) is 0 Å². The lowest BCUT2D eigenvalue weighted by Gasteiger charge is -2.50. The van der Waals surface area contributed by atoms with Gasteiger partial charge in [0.15, 0.2) is 30.7 Å². The van der Waals surface area contributed by atoms with Gasteiger partial charge in [0, 0.05) is 4.91 Å². The molecule has 398 valence electrons. The van der Waals surface area contributed by atoms with Gasteiger partial charge in [0.05, 0.1) is 48.7 Å². The fourth-order valence-corrected chi connectivity index (χ4v) is 9.17. The van der Waals surface area contributed by atoms with Crippen molar-refractivity contribution in [1.29, 1.82) is 0 Å². The Hall–Kier alpha value is -8.51. The van der Waals surface area contributed by atoms with Crippen LogP contribution in [0.5, 0.6) is 0 Å². The molecular weight excluding hydrogens is 999 g/mol. The summed E-state index contributed by atoms with van der Waals surface area (Å²) in [6, 6.07) is 57.9. The first-order chi connectivity index (χ1) is 38.2. The molecule has 2 aliphatic rings. The minimum Gasteiger partial charge on any atom is -0.452 e. The predicted molar refractivity (Wildman–Crippen MR) is 281 cm³/mol. The van der Waals surface area contributed by atoms with Crippen LogP contribution in [-0.4, -0.2) is 103 Å².